The van der Waals surface area contributed by atoms with Gasteiger partial charge in [-0.05, 0) is 24.3 Å². The van der Waals surface area contributed by atoms with Crippen LogP contribution in [0.4, 0.5) is 15.9 Å². The molecule has 29 heavy (non-hydrogen) atoms. The lowest BCUT2D eigenvalue weighted by Gasteiger charge is -2.27. The Kier molecular flexibility index (Phi) is 5.50. The zero-order chi connectivity index (χ0) is 21.2. The predicted octanol–water partition coefficient (Wildman–Crippen LogP) is 1.50. The number of hydrogen-bond donors (Lipinski definition) is 2. The molecule has 11 heteroatoms. The minimum atomic E-state index is -4.21. The molecule has 0 bridgehead atoms. The Balaban J connectivity index is 1.91. The first-order valence-corrected chi connectivity index (χ1v) is 9.68. The van der Waals surface area contributed by atoms with Gasteiger partial charge in [0.1, 0.15) is 34.4 Å². The van der Waals surface area contributed by atoms with E-state index < -0.39 is 40.7 Å². The van der Waals surface area contributed by atoms with Gasteiger partial charge >= 0.3 is 0 Å². The second-order valence-electron chi connectivity index (χ2n) is 6.33. The van der Waals surface area contributed by atoms with Crippen molar-refractivity contribution in [3.63, 3.8) is 0 Å². The number of sulfonamides is 1. The van der Waals surface area contributed by atoms with Crippen LogP contribution in [0.3, 0.4) is 0 Å². The molecule has 9 nitrogen and oxygen atoms in total. The van der Waals surface area contributed by atoms with Crippen LogP contribution >= 0.6 is 0 Å². The van der Waals surface area contributed by atoms with Crippen molar-refractivity contribution in [1.82, 2.24) is 9.29 Å². The average Bonchev–Trinajstić information content (AvgIpc) is 3.06. The van der Waals surface area contributed by atoms with E-state index in [4.69, 9.17) is 17.9 Å². The molecule has 2 atom stereocenters. The summed E-state index contributed by atoms with van der Waals surface area (Å²) in [6.07, 6.45) is 0.0711. The Hall–Kier alpha value is -3.09. The largest absolute Gasteiger partial charge is 0.486 e. The Labute approximate surface area is 166 Å². The fraction of sp³-hybridized carbons (Fsp3) is 0.278. The van der Waals surface area contributed by atoms with E-state index in [1.54, 1.807) is 0 Å². The molecule has 0 spiro atoms. The molecule has 0 amide bonds. The number of benzene rings is 1. The zero-order valence-electron chi connectivity index (χ0n) is 14.9. The second kappa shape index (κ2) is 7.73. The van der Waals surface area contributed by atoms with Gasteiger partial charge in [-0.25, -0.2) is 17.7 Å². The van der Waals surface area contributed by atoms with Crippen molar-refractivity contribution in [2.45, 2.75) is 16.6 Å². The molecule has 1 aliphatic heterocycles. The summed E-state index contributed by atoms with van der Waals surface area (Å²) < 4.78 is 46.2. The monoisotopic (exact) mass is 418 g/mol. The molecule has 0 saturated carbocycles. The van der Waals surface area contributed by atoms with Crippen LogP contribution in [0.2, 0.25) is 0 Å². The molecule has 3 rings (SSSR count). The van der Waals surface area contributed by atoms with Crippen LogP contribution in [0.1, 0.15) is 0 Å². The fourth-order valence-corrected chi connectivity index (χ4v) is 4.51. The SMILES string of the molecule is [C-]#[N+]c1ccc(O[C@H]2CN(S(=O)(=O)c3cccnc3[N+]#[C-])C[C@]2(O)CO)cc1F. The molecule has 2 heterocycles. The number of pyridine rings is 1. The van der Waals surface area contributed by atoms with Gasteiger partial charge in [-0.1, -0.05) is 6.57 Å². The lowest BCUT2D eigenvalue weighted by Crippen LogP contribution is -2.48. The molecule has 0 unspecified atom stereocenters. The predicted molar refractivity (Wildman–Crippen MR) is 98.4 cm³/mol. The summed E-state index contributed by atoms with van der Waals surface area (Å²) in [7, 11) is -4.21. The van der Waals surface area contributed by atoms with Crippen molar-refractivity contribution >= 4 is 21.5 Å². The summed E-state index contributed by atoms with van der Waals surface area (Å²) in [5.41, 5.74) is -2.17. The van der Waals surface area contributed by atoms with E-state index in [0.29, 0.717) is 0 Å². The standard InChI is InChI=1S/C18H15FN4O5S/c1-20-14-6-5-12(8-13(14)19)28-16-9-23(10-18(16,25)11-24)29(26,27)15-4-3-7-22-17(15)21-2/h3-8,16,24-25H,9-11H2/t16-,18-/m0/s1. The maximum Gasteiger partial charge on any atom is 0.289 e. The maximum atomic E-state index is 13.8. The number of β-amino-alcohol motifs (C(OH)–C–C–N with tert-alkyl or cyclic N) is 1. The van der Waals surface area contributed by atoms with Crippen LogP contribution in [0.25, 0.3) is 9.69 Å². The lowest BCUT2D eigenvalue weighted by atomic mass is 10.0. The van der Waals surface area contributed by atoms with Gasteiger partial charge < -0.3 is 19.8 Å². The highest BCUT2D eigenvalue weighted by Crippen LogP contribution is 2.33. The molecule has 1 aromatic heterocycles. The third-order valence-electron chi connectivity index (χ3n) is 4.49. The summed E-state index contributed by atoms with van der Waals surface area (Å²) in [5, 5.41) is 20.3. The van der Waals surface area contributed by atoms with Crippen LogP contribution in [-0.4, -0.2) is 59.3 Å². The molecule has 0 radical (unpaired) electrons. The zero-order valence-corrected chi connectivity index (χ0v) is 15.7. The highest BCUT2D eigenvalue weighted by Gasteiger charge is 2.51. The van der Waals surface area contributed by atoms with Gasteiger partial charge in [0, 0.05) is 12.6 Å². The van der Waals surface area contributed by atoms with Crippen LogP contribution in [0.5, 0.6) is 5.75 Å². The van der Waals surface area contributed by atoms with Crippen LogP contribution in [0.15, 0.2) is 41.4 Å². The molecule has 1 aromatic carbocycles. The Bertz CT molecular complexity index is 1130. The van der Waals surface area contributed by atoms with E-state index in [-0.39, 0.29) is 28.7 Å². The Morgan fingerprint density at radius 2 is 2.10 bits per heavy atom. The topological polar surface area (TPSA) is 109 Å². The van der Waals surface area contributed by atoms with Crippen molar-refractivity contribution in [2.75, 3.05) is 19.7 Å². The summed E-state index contributed by atoms with van der Waals surface area (Å²) >= 11 is 0. The van der Waals surface area contributed by atoms with E-state index in [9.17, 15) is 23.0 Å². The van der Waals surface area contributed by atoms with E-state index in [2.05, 4.69) is 14.7 Å². The number of rotatable bonds is 5. The van der Waals surface area contributed by atoms with Crippen molar-refractivity contribution in [3.8, 4) is 5.75 Å². The molecule has 1 fully saturated rings. The third-order valence-corrected chi connectivity index (χ3v) is 6.32. The number of nitrogens with zero attached hydrogens (tertiary/aromatic N) is 4. The lowest BCUT2D eigenvalue weighted by molar-refractivity contribution is -0.0641. The van der Waals surface area contributed by atoms with Gasteiger partial charge in [-0.3, -0.25) is 0 Å². The van der Waals surface area contributed by atoms with Crippen molar-refractivity contribution in [1.29, 1.82) is 0 Å². The van der Waals surface area contributed by atoms with E-state index in [1.165, 1.54) is 30.5 Å². The Morgan fingerprint density at radius 3 is 2.72 bits per heavy atom. The number of hydrogen-bond acceptors (Lipinski definition) is 6. The highest BCUT2D eigenvalue weighted by atomic mass is 32.2. The average molecular weight is 418 g/mol. The van der Waals surface area contributed by atoms with E-state index in [0.717, 1.165) is 10.4 Å². The minimum absolute atomic E-state index is 0.0331. The summed E-state index contributed by atoms with van der Waals surface area (Å²) in [5.74, 6) is -1.18. The van der Waals surface area contributed by atoms with Crippen LogP contribution in [0, 0.1) is 19.0 Å². The van der Waals surface area contributed by atoms with Gasteiger partial charge in [0.25, 0.3) is 5.82 Å². The first kappa shape index (κ1) is 20.6. The van der Waals surface area contributed by atoms with Crippen molar-refractivity contribution in [3.05, 3.63) is 65.2 Å². The van der Waals surface area contributed by atoms with Crippen LogP contribution in [-0.2, 0) is 10.0 Å². The van der Waals surface area contributed by atoms with E-state index in [1.807, 2.05) is 0 Å². The van der Waals surface area contributed by atoms with Gasteiger partial charge in [0.2, 0.25) is 15.7 Å². The van der Waals surface area contributed by atoms with Gasteiger partial charge in [-0.2, -0.15) is 4.31 Å². The maximum absolute atomic E-state index is 13.8. The number of aromatic nitrogens is 1. The summed E-state index contributed by atoms with van der Waals surface area (Å²) in [6.45, 7) is 12.3. The molecule has 150 valence electrons. The molecule has 1 saturated heterocycles. The Morgan fingerprint density at radius 1 is 1.34 bits per heavy atom. The van der Waals surface area contributed by atoms with Crippen LogP contribution < -0.4 is 4.74 Å². The molecule has 2 N–H and O–H groups in total. The number of aliphatic hydroxyl groups excluding tert-OH is 1. The van der Waals surface area contributed by atoms with Gasteiger partial charge in [0.05, 0.1) is 19.7 Å². The summed E-state index contributed by atoms with van der Waals surface area (Å²) in [4.78, 5) is 9.50. The van der Waals surface area contributed by atoms with Crippen molar-refractivity contribution < 1.29 is 27.8 Å². The second-order valence-corrected chi connectivity index (χ2v) is 8.23. The van der Waals surface area contributed by atoms with Crippen molar-refractivity contribution in [2.24, 2.45) is 0 Å². The summed E-state index contributed by atoms with van der Waals surface area (Å²) in [6, 6.07) is 6.03. The van der Waals surface area contributed by atoms with Gasteiger partial charge in [0.15, 0.2) is 0 Å². The number of aliphatic hydroxyl groups is 2. The molecule has 0 aliphatic carbocycles. The minimum Gasteiger partial charge on any atom is -0.486 e. The van der Waals surface area contributed by atoms with E-state index >= 15 is 0 Å². The molecule has 1 aliphatic rings. The number of halogens is 1. The van der Waals surface area contributed by atoms with Gasteiger partial charge in [-0.15, -0.1) is 4.98 Å². The molecular weight excluding hydrogens is 403 g/mol. The third kappa shape index (κ3) is 3.77. The molecular formula is C18H15FN4O5S. The smallest absolute Gasteiger partial charge is 0.289 e. The highest BCUT2D eigenvalue weighted by molar-refractivity contribution is 7.89. The quantitative estimate of drug-likeness (QED) is 0.713. The normalized spacial score (nSPS) is 22.0. The molecule has 2 aromatic rings. The first-order valence-electron chi connectivity index (χ1n) is 8.24. The fourth-order valence-electron chi connectivity index (χ4n) is 2.93. The first-order chi connectivity index (χ1) is 13.7. The number of ether oxygens (including phenoxy) is 1.